The summed E-state index contributed by atoms with van der Waals surface area (Å²) in [6.07, 6.45) is 77.1. The Kier molecular flexibility index (Phi) is 63.9. The molecule has 0 radical (unpaired) electrons. The molecule has 6 N–H and O–H groups in total. The van der Waals surface area contributed by atoms with Crippen LogP contribution in [0.4, 0.5) is 0 Å². The minimum atomic E-state index is -1.61. The zero-order valence-corrected chi connectivity index (χ0v) is 59.5. The quantitative estimate of drug-likeness (QED) is 0.0195. The fraction of sp³-hybridized carbons (Fsp3) is 0.850. The van der Waals surface area contributed by atoms with Crippen molar-refractivity contribution in [1.82, 2.24) is 5.32 Å². The summed E-state index contributed by atoms with van der Waals surface area (Å²) in [6, 6.07) is -1.02. The van der Waals surface area contributed by atoms with Gasteiger partial charge in [0.1, 0.15) is 24.4 Å². The van der Waals surface area contributed by atoms with E-state index in [-0.39, 0.29) is 13.0 Å². The Morgan fingerprint density at radius 3 is 1.16 bits per heavy atom. The first-order valence-electron chi connectivity index (χ1n) is 39.1. The molecule has 0 saturated carbocycles. The third-order valence-corrected chi connectivity index (χ3v) is 18.4. The lowest BCUT2D eigenvalue weighted by Crippen LogP contribution is -2.61. The van der Waals surface area contributed by atoms with Crippen molar-refractivity contribution in [2.24, 2.45) is 0 Å². The second kappa shape index (κ2) is 67.3. The van der Waals surface area contributed by atoms with Gasteiger partial charge in [-0.1, -0.05) is 338 Å². The molecule has 1 aliphatic heterocycles. The zero-order valence-electron chi connectivity index (χ0n) is 59.5. The molecule has 11 nitrogen and oxygen atoms in total. The number of hydrogen-bond donors (Lipinski definition) is 6. The Labute approximate surface area is 560 Å². The maximum absolute atomic E-state index is 13.5. The maximum atomic E-state index is 13.5. The van der Waals surface area contributed by atoms with Crippen molar-refractivity contribution in [3.05, 3.63) is 60.8 Å². The van der Waals surface area contributed by atoms with Crippen LogP contribution in [0.15, 0.2) is 60.8 Å². The zero-order chi connectivity index (χ0) is 66.0. The SMILES string of the molecule is CCCCC/C=C\C/C=C\C/C=C\CCCCCCCCCCCCCCCCC(=O)OC1C(OCC(NC(=O)C(O)CCCCCCCCCCCCCCCC/C=C/CCCCCCCC)C(O)/C=C/CCCCCCCCCCC)OC(CO)C(O)C1O. The van der Waals surface area contributed by atoms with Crippen molar-refractivity contribution in [3.63, 3.8) is 0 Å². The molecule has 0 aromatic rings. The van der Waals surface area contributed by atoms with Crippen molar-refractivity contribution in [1.29, 1.82) is 0 Å². The minimum Gasteiger partial charge on any atom is -0.454 e. The van der Waals surface area contributed by atoms with Crippen LogP contribution in [0.3, 0.4) is 0 Å². The average molecular weight is 1280 g/mol. The highest BCUT2D eigenvalue weighted by Gasteiger charge is 2.47. The predicted molar refractivity (Wildman–Crippen MR) is 384 cm³/mol. The molecule has 0 aliphatic carbocycles. The van der Waals surface area contributed by atoms with Crippen LogP contribution in [0.2, 0.25) is 0 Å². The van der Waals surface area contributed by atoms with E-state index in [0.717, 1.165) is 70.6 Å². The molecule has 1 saturated heterocycles. The van der Waals surface area contributed by atoms with Crippen LogP contribution in [0, 0.1) is 0 Å². The number of amides is 1. The van der Waals surface area contributed by atoms with Crippen LogP contribution in [0.5, 0.6) is 0 Å². The predicted octanol–water partition coefficient (Wildman–Crippen LogP) is 20.9. The summed E-state index contributed by atoms with van der Waals surface area (Å²) < 4.78 is 17.7. The minimum absolute atomic E-state index is 0.124. The first-order valence-corrected chi connectivity index (χ1v) is 39.1. The monoisotopic (exact) mass is 1280 g/mol. The number of aliphatic hydroxyl groups is 5. The summed E-state index contributed by atoms with van der Waals surface area (Å²) in [6.45, 7) is 5.81. The summed E-state index contributed by atoms with van der Waals surface area (Å²) >= 11 is 0. The van der Waals surface area contributed by atoms with Crippen LogP contribution >= 0.6 is 0 Å². The average Bonchev–Trinajstić information content (AvgIpc) is 1.14. The van der Waals surface area contributed by atoms with E-state index in [9.17, 15) is 35.1 Å². The number of carbonyl (C=O) groups is 2. The van der Waals surface area contributed by atoms with Crippen LogP contribution in [-0.4, -0.2) is 99.6 Å². The Bertz CT molecular complexity index is 1720. The van der Waals surface area contributed by atoms with Gasteiger partial charge in [-0.05, 0) is 89.9 Å². The first kappa shape index (κ1) is 86.4. The lowest BCUT2D eigenvalue weighted by Gasteiger charge is -2.41. The molecule has 1 fully saturated rings. The van der Waals surface area contributed by atoms with Gasteiger partial charge in [-0.25, -0.2) is 0 Å². The summed E-state index contributed by atoms with van der Waals surface area (Å²) in [5, 5.41) is 57.4. The van der Waals surface area contributed by atoms with Gasteiger partial charge in [-0.3, -0.25) is 9.59 Å². The first-order chi connectivity index (χ1) is 44.7. The third kappa shape index (κ3) is 54.2. The van der Waals surface area contributed by atoms with Gasteiger partial charge in [-0.2, -0.15) is 0 Å². The number of allylic oxidation sites excluding steroid dienone is 9. The maximum Gasteiger partial charge on any atom is 0.306 e. The summed E-state index contributed by atoms with van der Waals surface area (Å²) in [4.78, 5) is 26.7. The van der Waals surface area contributed by atoms with Crippen LogP contribution in [0.25, 0.3) is 0 Å². The van der Waals surface area contributed by atoms with Crippen LogP contribution in [0.1, 0.15) is 374 Å². The van der Waals surface area contributed by atoms with Crippen molar-refractivity contribution in [2.45, 2.75) is 423 Å². The molecule has 0 aromatic carbocycles. The molecular formula is C80H147NO10. The van der Waals surface area contributed by atoms with E-state index in [1.165, 1.54) is 257 Å². The highest BCUT2D eigenvalue weighted by molar-refractivity contribution is 5.80. The van der Waals surface area contributed by atoms with Crippen LogP contribution in [-0.2, 0) is 23.8 Å². The van der Waals surface area contributed by atoms with Gasteiger partial charge in [0.25, 0.3) is 0 Å². The van der Waals surface area contributed by atoms with Gasteiger partial charge < -0.3 is 45.1 Å². The number of nitrogens with one attached hydrogen (secondary N) is 1. The molecule has 1 heterocycles. The lowest BCUT2D eigenvalue weighted by molar-refractivity contribution is -0.305. The van der Waals surface area contributed by atoms with Crippen molar-refractivity contribution in [2.75, 3.05) is 13.2 Å². The second-order valence-electron chi connectivity index (χ2n) is 27.1. The molecule has 0 bridgehead atoms. The molecular weight excluding hydrogens is 1130 g/mol. The molecule has 1 rings (SSSR count). The van der Waals surface area contributed by atoms with Gasteiger partial charge in [0.2, 0.25) is 5.91 Å². The van der Waals surface area contributed by atoms with Gasteiger partial charge in [0.15, 0.2) is 12.4 Å². The lowest BCUT2D eigenvalue weighted by atomic mass is 9.99. The number of hydrogen-bond acceptors (Lipinski definition) is 10. The van der Waals surface area contributed by atoms with Gasteiger partial charge >= 0.3 is 5.97 Å². The van der Waals surface area contributed by atoms with E-state index in [1.807, 2.05) is 6.08 Å². The van der Waals surface area contributed by atoms with Crippen molar-refractivity contribution in [3.8, 4) is 0 Å². The van der Waals surface area contributed by atoms with Crippen molar-refractivity contribution >= 4 is 11.9 Å². The summed E-state index contributed by atoms with van der Waals surface area (Å²) in [5.74, 6) is -1.18. The molecule has 1 aliphatic rings. The molecule has 91 heavy (non-hydrogen) atoms. The van der Waals surface area contributed by atoms with Gasteiger partial charge in [0.05, 0.1) is 25.4 Å². The highest BCUT2D eigenvalue weighted by Crippen LogP contribution is 2.27. The number of carbonyl (C=O) groups excluding carboxylic acids is 2. The molecule has 532 valence electrons. The molecule has 0 aromatic heterocycles. The number of ether oxygens (including phenoxy) is 3. The number of unbranched alkanes of at least 4 members (excludes halogenated alkanes) is 46. The normalized spacial score (nSPS) is 18.3. The summed E-state index contributed by atoms with van der Waals surface area (Å²) in [5.41, 5.74) is 0. The fourth-order valence-electron chi connectivity index (χ4n) is 12.2. The molecule has 1 amide bonds. The Morgan fingerprint density at radius 2 is 0.758 bits per heavy atom. The fourth-order valence-corrected chi connectivity index (χ4v) is 12.2. The molecule has 11 heteroatoms. The van der Waals surface area contributed by atoms with E-state index in [1.54, 1.807) is 6.08 Å². The number of rotatable bonds is 68. The van der Waals surface area contributed by atoms with Gasteiger partial charge in [0, 0.05) is 6.42 Å². The van der Waals surface area contributed by atoms with E-state index in [2.05, 4.69) is 74.7 Å². The van der Waals surface area contributed by atoms with Crippen molar-refractivity contribution < 1.29 is 49.3 Å². The summed E-state index contributed by atoms with van der Waals surface area (Å²) in [7, 11) is 0. The van der Waals surface area contributed by atoms with E-state index < -0.39 is 67.4 Å². The van der Waals surface area contributed by atoms with E-state index in [4.69, 9.17) is 14.2 Å². The Hall–Kier alpha value is -2.64. The highest BCUT2D eigenvalue weighted by atomic mass is 16.7. The molecule has 0 spiro atoms. The Morgan fingerprint density at radius 1 is 0.429 bits per heavy atom. The number of esters is 1. The second-order valence-corrected chi connectivity index (χ2v) is 27.1. The topological polar surface area (TPSA) is 175 Å². The Balaban J connectivity index is 2.48. The number of aliphatic hydroxyl groups excluding tert-OH is 5. The smallest absolute Gasteiger partial charge is 0.306 e. The van der Waals surface area contributed by atoms with E-state index >= 15 is 0 Å². The van der Waals surface area contributed by atoms with E-state index in [0.29, 0.717) is 19.3 Å². The van der Waals surface area contributed by atoms with Gasteiger partial charge in [-0.15, -0.1) is 0 Å². The standard InChI is InChI=1S/C80H147NO10/c1-4-7-10-13-16-19-22-24-26-28-30-32-34-36-37-38-40-42-44-46-48-50-53-56-59-62-65-68-75(85)91-78-77(87)76(86)74(69-82)90-80(78)89-70-71(72(83)66-63-60-57-54-51-21-18-15-12-9-6-3)81-79(88)73(84)67-64-61-58-55-52-49-47-45-43-41-39-35-33-31-29-27-25-23-20-17-14-11-8-5-2/h16,19,24-27,30,32,63,66,71-74,76-78,80,82-84,86-87H,4-15,17-18,20-23,28-29,31,33-62,64-65,67-70H2,1-3H3,(H,81,88)/b19-16-,26-24-,27-25+,32-30-,66-63+. The molecule has 8 unspecified atom stereocenters. The molecule has 8 atom stereocenters. The largest absolute Gasteiger partial charge is 0.454 e. The third-order valence-electron chi connectivity index (χ3n) is 18.4. The van der Waals surface area contributed by atoms with Crippen LogP contribution < -0.4 is 5.32 Å².